The Morgan fingerprint density at radius 1 is 1.08 bits per heavy atom. The van der Waals surface area contributed by atoms with Crippen molar-refractivity contribution in [3.8, 4) is 0 Å². The normalized spacial score (nSPS) is 21.1. The van der Waals surface area contributed by atoms with Crippen LogP contribution < -0.4 is 15.8 Å². The second-order valence-corrected chi connectivity index (χ2v) is 10.8. The highest BCUT2D eigenvalue weighted by Gasteiger charge is 2.46. The molecule has 0 radical (unpaired) electrons. The van der Waals surface area contributed by atoms with Crippen LogP contribution in [-0.4, -0.2) is 33.0 Å². The fourth-order valence-electron chi connectivity index (χ4n) is 6.51. The lowest BCUT2D eigenvalue weighted by molar-refractivity contribution is 0.0698. The lowest BCUT2D eigenvalue weighted by Gasteiger charge is -2.33. The van der Waals surface area contributed by atoms with Crippen LogP contribution in [0.2, 0.25) is 0 Å². The summed E-state index contributed by atoms with van der Waals surface area (Å²) in [6.45, 7) is 6.71. The molecule has 0 amide bonds. The molecule has 7 heteroatoms. The summed E-state index contributed by atoms with van der Waals surface area (Å²) in [6.07, 6.45) is 4.02. The summed E-state index contributed by atoms with van der Waals surface area (Å²) < 4.78 is 1.64. The summed E-state index contributed by atoms with van der Waals surface area (Å²) in [7, 11) is 0. The van der Waals surface area contributed by atoms with E-state index in [1.54, 1.807) is 22.6 Å². The molecule has 3 unspecified atom stereocenters. The molecule has 4 atom stereocenters. The van der Waals surface area contributed by atoms with Gasteiger partial charge in [-0.2, -0.15) is 0 Å². The number of benzene rings is 2. The summed E-state index contributed by atoms with van der Waals surface area (Å²) in [6, 6.07) is 19.7. The van der Waals surface area contributed by atoms with Crippen LogP contribution in [0.25, 0.3) is 5.65 Å². The number of hydrogen-bond donors (Lipinski definition) is 2. The number of hydrogen-bond acceptors (Lipinski definition) is 5. The monoisotopic (exact) mass is 508 g/mol. The molecule has 4 aromatic rings. The van der Waals surface area contributed by atoms with Gasteiger partial charge in [0.15, 0.2) is 0 Å². The molecule has 1 aliphatic heterocycles. The summed E-state index contributed by atoms with van der Waals surface area (Å²) in [5.41, 5.74) is 5.16. The molecule has 194 valence electrons. The molecule has 2 aromatic carbocycles. The molecule has 6 rings (SSSR count). The van der Waals surface area contributed by atoms with Crippen molar-refractivity contribution < 1.29 is 9.90 Å². The standard InChI is InChI=1S/C31H32N4O3/c1-18-13-25(20(3)32-27-12-8-7-11-24(27)31(37)38)29-33-28(19(2)30(36)35(29)16-18)34-17-22-14-23(34)15-26(22)21-9-5-4-6-10-21/h4-13,16,20,22-23,26,32H,14-15,17H2,1-3H3,(H,37,38)/t20-,22?,23?,26?/m1/s1. The summed E-state index contributed by atoms with van der Waals surface area (Å²) in [4.78, 5) is 32.9. The van der Waals surface area contributed by atoms with Crippen LogP contribution in [0.3, 0.4) is 0 Å². The Kier molecular flexibility index (Phi) is 5.94. The van der Waals surface area contributed by atoms with Gasteiger partial charge in [0, 0.05) is 30.0 Å². The van der Waals surface area contributed by atoms with Gasteiger partial charge in [-0.05, 0) is 74.8 Å². The van der Waals surface area contributed by atoms with E-state index < -0.39 is 5.97 Å². The highest BCUT2D eigenvalue weighted by Crippen LogP contribution is 2.48. The van der Waals surface area contributed by atoms with Crippen LogP contribution in [0.15, 0.2) is 71.7 Å². The Labute approximate surface area is 221 Å². The Bertz CT molecular complexity index is 1600. The van der Waals surface area contributed by atoms with Gasteiger partial charge in [-0.25, -0.2) is 9.78 Å². The molecular weight excluding hydrogens is 476 g/mol. The number of fused-ring (bicyclic) bond motifs is 3. The molecule has 0 spiro atoms. The van der Waals surface area contributed by atoms with E-state index in [0.717, 1.165) is 36.3 Å². The zero-order valence-corrected chi connectivity index (χ0v) is 21.9. The number of rotatable bonds is 6. The van der Waals surface area contributed by atoms with Crippen LogP contribution in [0, 0.1) is 19.8 Å². The van der Waals surface area contributed by atoms with Crippen molar-refractivity contribution in [2.75, 3.05) is 16.8 Å². The quantitative estimate of drug-likeness (QED) is 0.354. The second-order valence-electron chi connectivity index (χ2n) is 10.8. The number of aromatic carboxylic acids is 1. The smallest absolute Gasteiger partial charge is 0.337 e. The highest BCUT2D eigenvalue weighted by molar-refractivity contribution is 5.94. The third kappa shape index (κ3) is 4.02. The third-order valence-corrected chi connectivity index (χ3v) is 8.33. The van der Waals surface area contributed by atoms with E-state index in [-0.39, 0.29) is 17.2 Å². The van der Waals surface area contributed by atoms with Gasteiger partial charge in [0.2, 0.25) is 0 Å². The van der Waals surface area contributed by atoms with Crippen molar-refractivity contribution in [1.29, 1.82) is 0 Å². The molecule has 1 aliphatic carbocycles. The summed E-state index contributed by atoms with van der Waals surface area (Å²) >= 11 is 0. The van der Waals surface area contributed by atoms with Crippen LogP contribution in [-0.2, 0) is 0 Å². The first kappa shape index (κ1) is 24.2. The molecule has 2 N–H and O–H groups in total. The number of piperidine rings is 1. The largest absolute Gasteiger partial charge is 0.478 e. The average Bonchev–Trinajstić information content (AvgIpc) is 3.53. The fourth-order valence-corrected chi connectivity index (χ4v) is 6.51. The van der Waals surface area contributed by atoms with Crippen molar-refractivity contribution in [1.82, 2.24) is 9.38 Å². The van der Waals surface area contributed by atoms with Gasteiger partial charge in [-0.15, -0.1) is 0 Å². The first-order valence-corrected chi connectivity index (χ1v) is 13.3. The first-order valence-electron chi connectivity index (χ1n) is 13.3. The number of nitrogens with one attached hydrogen (secondary N) is 1. The number of anilines is 2. The topological polar surface area (TPSA) is 86.9 Å². The molecule has 2 bridgehead atoms. The van der Waals surface area contributed by atoms with Crippen LogP contribution in [0.5, 0.6) is 0 Å². The van der Waals surface area contributed by atoms with Gasteiger partial charge >= 0.3 is 5.97 Å². The van der Waals surface area contributed by atoms with E-state index in [1.165, 1.54) is 5.56 Å². The average molecular weight is 509 g/mol. The molecule has 38 heavy (non-hydrogen) atoms. The number of carboxylic acid groups (broad SMARTS) is 1. The summed E-state index contributed by atoms with van der Waals surface area (Å²) in [5, 5.41) is 13.0. The van der Waals surface area contributed by atoms with E-state index in [9.17, 15) is 14.7 Å². The van der Waals surface area contributed by atoms with Gasteiger partial charge < -0.3 is 15.3 Å². The number of aromatic nitrogens is 2. The van der Waals surface area contributed by atoms with E-state index in [1.807, 2.05) is 39.1 Å². The zero-order chi connectivity index (χ0) is 26.6. The molecule has 1 saturated carbocycles. The Morgan fingerprint density at radius 2 is 1.82 bits per heavy atom. The number of para-hydroxylation sites is 1. The molecule has 7 nitrogen and oxygen atoms in total. The predicted octanol–water partition coefficient (Wildman–Crippen LogP) is 5.57. The SMILES string of the molecule is Cc1cc([C@@H](C)Nc2ccccc2C(=O)O)c2nc(N3CC4CC3CC4c3ccccc3)c(C)c(=O)n2c1. The molecule has 2 aliphatic rings. The minimum atomic E-state index is -0.987. The second kappa shape index (κ2) is 9.31. The van der Waals surface area contributed by atoms with Crippen molar-refractivity contribution >= 4 is 23.1 Å². The van der Waals surface area contributed by atoms with Crippen molar-refractivity contribution in [3.05, 3.63) is 105 Å². The first-order chi connectivity index (χ1) is 18.3. The van der Waals surface area contributed by atoms with Crippen molar-refractivity contribution in [3.63, 3.8) is 0 Å². The number of carboxylic acids is 1. The molecule has 1 saturated heterocycles. The van der Waals surface area contributed by atoms with E-state index >= 15 is 0 Å². The van der Waals surface area contributed by atoms with E-state index in [4.69, 9.17) is 4.98 Å². The molecular formula is C31H32N4O3. The van der Waals surface area contributed by atoms with Gasteiger partial charge in [-0.3, -0.25) is 9.20 Å². The maximum absolute atomic E-state index is 13.6. The predicted molar refractivity (Wildman–Crippen MR) is 149 cm³/mol. The van der Waals surface area contributed by atoms with Gasteiger partial charge in [0.1, 0.15) is 11.5 Å². The van der Waals surface area contributed by atoms with Gasteiger partial charge in [0.25, 0.3) is 5.56 Å². The Hall–Kier alpha value is -4.13. The minimum absolute atomic E-state index is 0.0598. The van der Waals surface area contributed by atoms with Gasteiger partial charge in [0.05, 0.1) is 17.2 Å². The van der Waals surface area contributed by atoms with Crippen molar-refractivity contribution in [2.24, 2.45) is 5.92 Å². The number of nitrogens with zero attached hydrogens (tertiary/aromatic N) is 3. The Morgan fingerprint density at radius 3 is 2.53 bits per heavy atom. The maximum atomic E-state index is 13.6. The van der Waals surface area contributed by atoms with Crippen LogP contribution >= 0.6 is 0 Å². The van der Waals surface area contributed by atoms with E-state index in [2.05, 4.69) is 40.5 Å². The van der Waals surface area contributed by atoms with Crippen LogP contribution in [0.1, 0.15) is 64.3 Å². The zero-order valence-electron chi connectivity index (χ0n) is 21.9. The minimum Gasteiger partial charge on any atom is -0.478 e. The summed E-state index contributed by atoms with van der Waals surface area (Å²) in [5.74, 6) is 0.889. The van der Waals surface area contributed by atoms with Crippen LogP contribution in [0.4, 0.5) is 11.5 Å². The molecule has 3 heterocycles. The maximum Gasteiger partial charge on any atom is 0.337 e. The number of pyridine rings is 1. The highest BCUT2D eigenvalue weighted by atomic mass is 16.4. The number of carbonyl (C=O) groups is 1. The lowest BCUT2D eigenvalue weighted by Crippen LogP contribution is -2.37. The van der Waals surface area contributed by atoms with Gasteiger partial charge in [-0.1, -0.05) is 42.5 Å². The fraction of sp³-hybridized carbons (Fsp3) is 0.323. The molecule has 2 aromatic heterocycles. The van der Waals surface area contributed by atoms with Crippen molar-refractivity contribution in [2.45, 2.75) is 51.6 Å². The van der Waals surface area contributed by atoms with E-state index in [0.29, 0.717) is 34.8 Å². The molecule has 2 fully saturated rings. The Balaban J connectivity index is 1.38. The lowest BCUT2D eigenvalue weighted by atomic mass is 9.87. The third-order valence-electron chi connectivity index (χ3n) is 8.33. The number of aryl methyl sites for hydroxylation is 1.